The number of hydrogen-bond donors (Lipinski definition) is 7. The molecule has 4 amide bonds. The molecule has 14 heteroatoms. The van der Waals surface area contributed by atoms with Crippen molar-refractivity contribution in [3.63, 3.8) is 0 Å². The predicted octanol–water partition coefficient (Wildman–Crippen LogP) is -1.22. The van der Waals surface area contributed by atoms with E-state index in [9.17, 15) is 33.9 Å². The van der Waals surface area contributed by atoms with E-state index in [0.29, 0.717) is 12.2 Å². The summed E-state index contributed by atoms with van der Waals surface area (Å²) in [5.41, 5.74) is 10.8. The molecule has 0 bridgehead atoms. The average molecular weight is 520 g/mol. The van der Waals surface area contributed by atoms with Crippen LogP contribution in [0.5, 0.6) is 0 Å². The van der Waals surface area contributed by atoms with Crippen molar-refractivity contribution in [2.75, 3.05) is 12.0 Å². The molecule has 5 atom stereocenters. The quantitative estimate of drug-likeness (QED) is 0.114. The largest absolute Gasteiger partial charge is 0.481 e. The number of nitrogens with two attached hydrogens (primary N) is 2. The van der Waals surface area contributed by atoms with E-state index in [1.807, 2.05) is 0 Å². The van der Waals surface area contributed by atoms with Crippen LogP contribution in [0.4, 0.5) is 0 Å². The lowest BCUT2D eigenvalue weighted by molar-refractivity contribution is -0.144. The normalized spacial score (nSPS) is 15.1. The number of thioether (sulfide) groups is 1. The molecule has 0 aliphatic carbocycles. The number of carboxylic acids is 2. The third kappa shape index (κ3) is 13.0. The first-order valence-corrected chi connectivity index (χ1v) is 12.6. The van der Waals surface area contributed by atoms with Crippen LogP contribution < -0.4 is 27.4 Å². The highest BCUT2D eigenvalue weighted by molar-refractivity contribution is 7.98. The maximum absolute atomic E-state index is 12.9. The Hall–Kier alpha value is -2.87. The van der Waals surface area contributed by atoms with Crippen molar-refractivity contribution in [3.8, 4) is 0 Å². The van der Waals surface area contributed by atoms with Gasteiger partial charge in [0.15, 0.2) is 0 Å². The Morgan fingerprint density at radius 3 is 1.89 bits per heavy atom. The second kappa shape index (κ2) is 16.7. The number of nitrogens with one attached hydrogen (secondary N) is 3. The molecule has 0 rings (SSSR count). The van der Waals surface area contributed by atoms with Gasteiger partial charge in [0, 0.05) is 12.8 Å². The van der Waals surface area contributed by atoms with E-state index in [1.165, 1.54) is 11.8 Å². The van der Waals surface area contributed by atoms with Crippen LogP contribution in [0, 0.1) is 5.92 Å². The minimum atomic E-state index is -1.35. The molecule has 0 spiro atoms. The van der Waals surface area contributed by atoms with Crippen molar-refractivity contribution in [1.29, 1.82) is 0 Å². The van der Waals surface area contributed by atoms with Crippen LogP contribution in [0.15, 0.2) is 0 Å². The first kappa shape index (κ1) is 32.1. The van der Waals surface area contributed by atoms with E-state index >= 15 is 0 Å². The molecule has 0 aromatic heterocycles. The van der Waals surface area contributed by atoms with Crippen LogP contribution in [0.1, 0.15) is 52.4 Å². The number of amides is 4. The topological polar surface area (TPSA) is 231 Å². The van der Waals surface area contributed by atoms with Crippen LogP contribution in [0.25, 0.3) is 0 Å². The molecule has 9 N–H and O–H groups in total. The zero-order valence-electron chi connectivity index (χ0n) is 20.2. The van der Waals surface area contributed by atoms with Gasteiger partial charge in [-0.25, -0.2) is 4.79 Å². The number of carbonyl (C=O) groups is 6. The third-order valence-electron chi connectivity index (χ3n) is 5.34. The summed E-state index contributed by atoms with van der Waals surface area (Å²) in [4.78, 5) is 71.7. The van der Waals surface area contributed by atoms with Crippen LogP contribution in [0.3, 0.4) is 0 Å². The Labute approximate surface area is 208 Å². The Kier molecular flexibility index (Phi) is 15.3. The van der Waals surface area contributed by atoms with E-state index < -0.39 is 72.1 Å². The van der Waals surface area contributed by atoms with Gasteiger partial charge >= 0.3 is 11.9 Å². The van der Waals surface area contributed by atoms with E-state index in [4.69, 9.17) is 16.6 Å². The number of rotatable bonds is 18. The molecule has 200 valence electrons. The SMILES string of the molecule is CCC(C)C(NC(=O)C(CCC(=O)O)NC(=O)C(CCSC)NC(=O)C(N)CCC(N)=O)C(=O)O. The smallest absolute Gasteiger partial charge is 0.326 e. The monoisotopic (exact) mass is 519 g/mol. The molecule has 5 unspecified atom stereocenters. The van der Waals surface area contributed by atoms with Crippen molar-refractivity contribution in [2.45, 2.75) is 76.5 Å². The third-order valence-corrected chi connectivity index (χ3v) is 5.98. The van der Waals surface area contributed by atoms with E-state index in [1.54, 1.807) is 20.1 Å². The predicted molar refractivity (Wildman–Crippen MR) is 129 cm³/mol. The van der Waals surface area contributed by atoms with E-state index in [2.05, 4.69) is 16.0 Å². The maximum atomic E-state index is 12.9. The van der Waals surface area contributed by atoms with Gasteiger partial charge in [-0.1, -0.05) is 20.3 Å². The number of hydrogen-bond acceptors (Lipinski definition) is 8. The van der Waals surface area contributed by atoms with Gasteiger partial charge in [0.2, 0.25) is 23.6 Å². The average Bonchev–Trinajstić information content (AvgIpc) is 2.79. The van der Waals surface area contributed by atoms with Crippen LogP contribution in [0.2, 0.25) is 0 Å². The standard InChI is InChI=1S/C21H37N5O8S/c1-4-11(2)17(21(33)34)26-20(32)13(6-8-16(28)29)25-19(31)14(9-10-35-3)24-18(30)12(22)5-7-15(23)27/h11-14,17H,4-10,22H2,1-3H3,(H2,23,27)(H,24,30)(H,25,31)(H,26,32)(H,28,29)(H,33,34). The van der Waals surface area contributed by atoms with Gasteiger partial charge < -0.3 is 37.6 Å². The van der Waals surface area contributed by atoms with Crippen molar-refractivity contribution in [1.82, 2.24) is 16.0 Å². The molecule has 0 fully saturated rings. The summed E-state index contributed by atoms with van der Waals surface area (Å²) in [7, 11) is 0. The number of carbonyl (C=O) groups excluding carboxylic acids is 4. The summed E-state index contributed by atoms with van der Waals surface area (Å²) in [5.74, 6) is -5.34. The first-order chi connectivity index (χ1) is 16.3. The molecule has 0 saturated heterocycles. The lowest BCUT2D eigenvalue weighted by atomic mass is 9.98. The van der Waals surface area contributed by atoms with Crippen LogP contribution in [-0.4, -0.2) is 82.0 Å². The molecule has 0 aromatic carbocycles. The second-order valence-corrected chi connectivity index (χ2v) is 9.14. The molecule has 0 saturated carbocycles. The summed E-state index contributed by atoms with van der Waals surface area (Å²) in [5, 5.41) is 25.7. The Balaban J connectivity index is 5.55. The van der Waals surface area contributed by atoms with Crippen LogP contribution in [-0.2, 0) is 28.8 Å². The van der Waals surface area contributed by atoms with Gasteiger partial charge in [0.25, 0.3) is 0 Å². The highest BCUT2D eigenvalue weighted by atomic mass is 32.2. The van der Waals surface area contributed by atoms with Gasteiger partial charge in [-0.3, -0.25) is 24.0 Å². The van der Waals surface area contributed by atoms with Crippen LogP contribution >= 0.6 is 11.8 Å². The molecule has 0 radical (unpaired) electrons. The number of carboxylic acid groups (broad SMARTS) is 2. The zero-order valence-corrected chi connectivity index (χ0v) is 21.1. The molecule has 0 heterocycles. The highest BCUT2D eigenvalue weighted by Gasteiger charge is 2.32. The summed E-state index contributed by atoms with van der Waals surface area (Å²) >= 11 is 1.41. The Morgan fingerprint density at radius 2 is 1.40 bits per heavy atom. The second-order valence-electron chi connectivity index (χ2n) is 8.16. The van der Waals surface area contributed by atoms with Gasteiger partial charge in [0.05, 0.1) is 6.04 Å². The van der Waals surface area contributed by atoms with E-state index in [0.717, 1.165) is 0 Å². The molecular weight excluding hydrogens is 482 g/mol. The van der Waals surface area contributed by atoms with Gasteiger partial charge in [-0.2, -0.15) is 11.8 Å². The zero-order chi connectivity index (χ0) is 27.1. The van der Waals surface area contributed by atoms with Crippen molar-refractivity contribution in [3.05, 3.63) is 0 Å². The summed E-state index contributed by atoms with van der Waals surface area (Å²) < 4.78 is 0. The number of aliphatic carboxylic acids is 2. The van der Waals surface area contributed by atoms with E-state index in [-0.39, 0.29) is 25.7 Å². The van der Waals surface area contributed by atoms with Gasteiger partial charge in [0.1, 0.15) is 18.1 Å². The first-order valence-electron chi connectivity index (χ1n) is 11.2. The molecular formula is C21H37N5O8S. The van der Waals surface area contributed by atoms with Crippen molar-refractivity contribution in [2.24, 2.45) is 17.4 Å². The summed E-state index contributed by atoms with van der Waals surface area (Å²) in [6.07, 6.45) is 1.55. The summed E-state index contributed by atoms with van der Waals surface area (Å²) in [6.45, 7) is 3.39. The van der Waals surface area contributed by atoms with Crippen molar-refractivity contribution >= 4 is 47.3 Å². The van der Waals surface area contributed by atoms with Gasteiger partial charge in [-0.05, 0) is 37.2 Å². The molecule has 0 aliphatic rings. The maximum Gasteiger partial charge on any atom is 0.326 e. The molecule has 0 aliphatic heterocycles. The summed E-state index contributed by atoms with van der Waals surface area (Å²) in [6, 6.07) is -4.77. The van der Waals surface area contributed by atoms with Crippen molar-refractivity contribution < 1.29 is 39.0 Å². The Bertz CT molecular complexity index is 766. The fourth-order valence-electron chi connectivity index (χ4n) is 2.96. The van der Waals surface area contributed by atoms with Gasteiger partial charge in [-0.15, -0.1) is 0 Å². The fourth-order valence-corrected chi connectivity index (χ4v) is 3.43. The Morgan fingerprint density at radius 1 is 0.857 bits per heavy atom. The lowest BCUT2D eigenvalue weighted by Crippen LogP contribution is -2.57. The lowest BCUT2D eigenvalue weighted by Gasteiger charge is -2.26. The highest BCUT2D eigenvalue weighted by Crippen LogP contribution is 2.10. The molecule has 13 nitrogen and oxygen atoms in total. The molecule has 35 heavy (non-hydrogen) atoms. The minimum Gasteiger partial charge on any atom is -0.481 e. The number of primary amides is 1. The molecule has 0 aromatic rings. The fraction of sp³-hybridized carbons (Fsp3) is 0.714. The minimum absolute atomic E-state index is 0.0200.